The van der Waals surface area contributed by atoms with Crippen LogP contribution in [0.5, 0.6) is 5.75 Å². The van der Waals surface area contributed by atoms with E-state index in [1.165, 1.54) is 17.3 Å². The number of amides is 2. The van der Waals surface area contributed by atoms with E-state index in [0.29, 0.717) is 22.4 Å². The molecule has 0 unspecified atom stereocenters. The lowest BCUT2D eigenvalue weighted by Crippen LogP contribution is -2.29. The van der Waals surface area contributed by atoms with E-state index < -0.39 is 5.91 Å². The van der Waals surface area contributed by atoms with Crippen LogP contribution in [0.25, 0.3) is 6.08 Å². The summed E-state index contributed by atoms with van der Waals surface area (Å²) >= 11 is 1.37. The Bertz CT molecular complexity index is 950. The molecule has 0 atom stereocenters. The van der Waals surface area contributed by atoms with Crippen LogP contribution < -0.4 is 10.5 Å². The van der Waals surface area contributed by atoms with Gasteiger partial charge in [0.25, 0.3) is 11.8 Å². The highest BCUT2D eigenvalue weighted by Gasteiger charge is 2.32. The van der Waals surface area contributed by atoms with Crippen LogP contribution in [0, 0.1) is 6.92 Å². The number of nitrogens with two attached hydrogens (primary N) is 1. The van der Waals surface area contributed by atoms with Crippen molar-refractivity contribution in [3.8, 4) is 5.75 Å². The van der Waals surface area contributed by atoms with Crippen LogP contribution in [0.4, 0.5) is 5.69 Å². The maximum Gasteiger partial charge on any atom is 0.266 e. The molecular formula is C22H23N3O3S. The molecule has 1 aliphatic heterocycles. The second kappa shape index (κ2) is 9.43. The van der Waals surface area contributed by atoms with Gasteiger partial charge < -0.3 is 10.5 Å². The number of carbonyl (C=O) groups excluding carboxylic acids is 2. The number of hydrogen-bond donors (Lipinski definition) is 1. The second-order valence-electron chi connectivity index (χ2n) is 6.62. The maximum atomic E-state index is 12.9. The minimum atomic E-state index is -0.527. The van der Waals surface area contributed by atoms with Crippen LogP contribution >= 0.6 is 11.8 Å². The van der Waals surface area contributed by atoms with Gasteiger partial charge in [-0.15, -0.1) is 0 Å². The molecule has 2 aromatic carbocycles. The van der Waals surface area contributed by atoms with Gasteiger partial charge in [-0.3, -0.25) is 14.5 Å². The molecule has 0 spiro atoms. The number of nitrogens with zero attached hydrogens (tertiary/aromatic N) is 2. The minimum Gasteiger partial charge on any atom is -0.484 e. The number of rotatable bonds is 7. The van der Waals surface area contributed by atoms with Crippen molar-refractivity contribution in [3.63, 3.8) is 0 Å². The summed E-state index contributed by atoms with van der Waals surface area (Å²) in [5, 5.41) is 0.688. The highest BCUT2D eigenvalue weighted by molar-refractivity contribution is 8.18. The van der Waals surface area contributed by atoms with Gasteiger partial charge in [-0.2, -0.15) is 0 Å². The fraction of sp³-hybridized carbons (Fsp3) is 0.227. The van der Waals surface area contributed by atoms with Crippen molar-refractivity contribution in [1.29, 1.82) is 0 Å². The monoisotopic (exact) mass is 409 g/mol. The maximum absolute atomic E-state index is 12.9. The molecule has 1 heterocycles. The molecule has 7 heteroatoms. The summed E-state index contributed by atoms with van der Waals surface area (Å²) < 4.78 is 5.26. The average molecular weight is 410 g/mol. The van der Waals surface area contributed by atoms with E-state index in [9.17, 15) is 9.59 Å². The van der Waals surface area contributed by atoms with Gasteiger partial charge >= 0.3 is 0 Å². The molecule has 29 heavy (non-hydrogen) atoms. The third kappa shape index (κ3) is 5.48. The van der Waals surface area contributed by atoms with E-state index in [4.69, 9.17) is 10.5 Å². The van der Waals surface area contributed by atoms with Crippen LogP contribution in [0.2, 0.25) is 0 Å². The molecule has 3 rings (SSSR count). The zero-order valence-corrected chi connectivity index (χ0v) is 17.2. The third-order valence-electron chi connectivity index (χ3n) is 4.15. The van der Waals surface area contributed by atoms with Gasteiger partial charge in [-0.1, -0.05) is 36.8 Å². The van der Waals surface area contributed by atoms with Crippen molar-refractivity contribution in [2.45, 2.75) is 20.3 Å². The molecule has 2 aromatic rings. The number of amidine groups is 1. The number of thioether (sulfide) groups is 1. The third-order valence-corrected chi connectivity index (χ3v) is 5.16. The summed E-state index contributed by atoms with van der Waals surface area (Å²) in [5.41, 5.74) is 7.93. The lowest BCUT2D eigenvalue weighted by Gasteiger charge is -2.13. The number of aryl methyl sites for hydroxylation is 1. The molecule has 0 saturated carbocycles. The first-order chi connectivity index (χ1) is 14.0. The topological polar surface area (TPSA) is 85.0 Å². The summed E-state index contributed by atoms with van der Waals surface area (Å²) in [6.45, 7) is 4.51. The molecule has 6 nitrogen and oxygen atoms in total. The van der Waals surface area contributed by atoms with Crippen LogP contribution in [-0.4, -0.2) is 35.0 Å². The fourth-order valence-corrected chi connectivity index (χ4v) is 3.73. The number of aliphatic imine (C=N–C) groups is 1. The van der Waals surface area contributed by atoms with E-state index >= 15 is 0 Å². The average Bonchev–Trinajstić information content (AvgIpc) is 2.98. The Morgan fingerprint density at radius 3 is 2.48 bits per heavy atom. The molecule has 2 N–H and O–H groups in total. The highest BCUT2D eigenvalue weighted by atomic mass is 32.2. The predicted octanol–water partition coefficient (Wildman–Crippen LogP) is 3.87. The van der Waals surface area contributed by atoms with Crippen molar-refractivity contribution < 1.29 is 14.3 Å². The Morgan fingerprint density at radius 1 is 1.17 bits per heavy atom. The van der Waals surface area contributed by atoms with Crippen LogP contribution in [0.1, 0.15) is 24.5 Å². The zero-order valence-electron chi connectivity index (χ0n) is 16.4. The summed E-state index contributed by atoms with van der Waals surface area (Å²) in [4.78, 5) is 30.7. The van der Waals surface area contributed by atoms with Crippen LogP contribution in [-0.2, 0) is 9.59 Å². The molecule has 2 amide bonds. The Kier molecular flexibility index (Phi) is 6.72. The number of ether oxygens (including phenoxy) is 1. The van der Waals surface area contributed by atoms with Gasteiger partial charge in [-0.25, -0.2) is 4.99 Å². The van der Waals surface area contributed by atoms with Gasteiger partial charge in [0.15, 0.2) is 11.8 Å². The zero-order chi connectivity index (χ0) is 20.8. The SMILES string of the molecule is CCCN1C(=O)/C(=C\c2ccc(OCC(N)=O)cc2)SC1=Nc1ccc(C)cc1. The summed E-state index contributed by atoms with van der Waals surface area (Å²) in [6, 6.07) is 15.0. The van der Waals surface area contributed by atoms with E-state index in [0.717, 1.165) is 17.7 Å². The van der Waals surface area contributed by atoms with Gasteiger partial charge in [0.2, 0.25) is 0 Å². The molecule has 1 saturated heterocycles. The lowest BCUT2D eigenvalue weighted by atomic mass is 10.2. The van der Waals surface area contributed by atoms with Crippen LogP contribution in [0.3, 0.4) is 0 Å². The van der Waals surface area contributed by atoms with E-state index in [1.807, 2.05) is 56.3 Å². The Labute approximate surface area is 174 Å². The molecule has 0 aromatic heterocycles. The van der Waals surface area contributed by atoms with Crippen molar-refractivity contribution in [2.24, 2.45) is 10.7 Å². The van der Waals surface area contributed by atoms with Gasteiger partial charge in [0.1, 0.15) is 5.75 Å². The minimum absolute atomic E-state index is 0.0447. The molecular weight excluding hydrogens is 386 g/mol. The Hall–Kier alpha value is -3.06. The van der Waals surface area contributed by atoms with E-state index in [1.54, 1.807) is 17.0 Å². The van der Waals surface area contributed by atoms with Gasteiger partial charge in [0, 0.05) is 6.54 Å². The molecule has 0 bridgehead atoms. The largest absolute Gasteiger partial charge is 0.484 e. The summed E-state index contributed by atoms with van der Waals surface area (Å²) in [5.74, 6) is -0.0251. The number of primary amides is 1. The standard InChI is InChI=1S/C22H23N3O3S/c1-3-12-25-21(27)19(29-22(25)24-17-8-4-15(2)5-9-17)13-16-6-10-18(11-7-16)28-14-20(23)26/h4-11,13H,3,12,14H2,1-2H3,(H2,23,26)/b19-13+,24-22?. The van der Waals surface area contributed by atoms with Gasteiger partial charge in [0.05, 0.1) is 10.6 Å². The first-order valence-electron chi connectivity index (χ1n) is 9.34. The molecule has 150 valence electrons. The first-order valence-corrected chi connectivity index (χ1v) is 10.2. The van der Waals surface area contributed by atoms with Crippen molar-refractivity contribution in [3.05, 3.63) is 64.6 Å². The first kappa shape index (κ1) is 20.7. The number of hydrogen-bond acceptors (Lipinski definition) is 5. The quantitative estimate of drug-likeness (QED) is 0.704. The Morgan fingerprint density at radius 2 is 1.86 bits per heavy atom. The van der Waals surface area contributed by atoms with Gasteiger partial charge in [-0.05, 0) is 61.0 Å². The Balaban J connectivity index is 1.81. The number of carbonyl (C=O) groups is 2. The van der Waals surface area contributed by atoms with Crippen LogP contribution in [0.15, 0.2) is 58.4 Å². The van der Waals surface area contributed by atoms with Crippen molar-refractivity contribution in [2.75, 3.05) is 13.2 Å². The second-order valence-corrected chi connectivity index (χ2v) is 7.63. The van der Waals surface area contributed by atoms with E-state index in [-0.39, 0.29) is 12.5 Å². The molecule has 0 radical (unpaired) electrons. The fourth-order valence-electron chi connectivity index (χ4n) is 2.71. The molecule has 1 aliphatic rings. The summed E-state index contributed by atoms with van der Waals surface area (Å²) in [6.07, 6.45) is 2.68. The number of benzene rings is 2. The lowest BCUT2D eigenvalue weighted by molar-refractivity contribution is -0.122. The molecule has 1 fully saturated rings. The smallest absolute Gasteiger partial charge is 0.266 e. The highest BCUT2D eigenvalue weighted by Crippen LogP contribution is 2.34. The van der Waals surface area contributed by atoms with Crippen molar-refractivity contribution >= 4 is 40.5 Å². The molecule has 0 aliphatic carbocycles. The van der Waals surface area contributed by atoms with Crippen molar-refractivity contribution in [1.82, 2.24) is 4.90 Å². The normalized spacial score (nSPS) is 16.6. The summed E-state index contributed by atoms with van der Waals surface area (Å²) in [7, 11) is 0. The van der Waals surface area contributed by atoms with E-state index in [2.05, 4.69) is 4.99 Å². The predicted molar refractivity (Wildman–Crippen MR) is 117 cm³/mol.